The minimum atomic E-state index is -0.546. The lowest BCUT2D eigenvalue weighted by atomic mass is 10.00. The third-order valence-corrected chi connectivity index (χ3v) is 2.79. The van der Waals surface area contributed by atoms with Crippen LogP contribution in [0.1, 0.15) is 36.2 Å². The van der Waals surface area contributed by atoms with Gasteiger partial charge in [0.05, 0.1) is 19.6 Å². The summed E-state index contributed by atoms with van der Waals surface area (Å²) in [5.74, 6) is -0.474. The van der Waals surface area contributed by atoms with Gasteiger partial charge in [0.1, 0.15) is 0 Å². The maximum absolute atomic E-state index is 12.4. The fourth-order valence-corrected chi connectivity index (χ4v) is 1.80. The summed E-state index contributed by atoms with van der Waals surface area (Å²) in [6.45, 7) is 5.84. The second-order valence-corrected chi connectivity index (χ2v) is 4.88. The van der Waals surface area contributed by atoms with Crippen LogP contribution in [0.25, 0.3) is 0 Å². The van der Waals surface area contributed by atoms with E-state index < -0.39 is 12.0 Å². The number of hydrogen-bond acceptors (Lipinski definition) is 4. The van der Waals surface area contributed by atoms with Crippen LogP contribution in [0.5, 0.6) is 0 Å². The van der Waals surface area contributed by atoms with Gasteiger partial charge in [-0.3, -0.25) is 9.59 Å². The topological polar surface area (TPSA) is 55.4 Å². The van der Waals surface area contributed by atoms with Crippen LogP contribution in [0.15, 0.2) is 24.3 Å². The zero-order chi connectivity index (χ0) is 14.4. The molecule has 0 amide bonds. The van der Waals surface area contributed by atoms with Crippen molar-refractivity contribution in [1.29, 1.82) is 0 Å². The van der Waals surface area contributed by atoms with E-state index >= 15 is 0 Å². The molecule has 1 atom stereocenters. The lowest BCUT2D eigenvalue weighted by Crippen LogP contribution is -2.42. The number of carbonyl (C=O) groups excluding carboxylic acids is 2. The van der Waals surface area contributed by atoms with E-state index in [1.165, 1.54) is 7.11 Å². The Kier molecular flexibility index (Phi) is 5.70. The van der Waals surface area contributed by atoms with Crippen LogP contribution in [0.4, 0.5) is 0 Å². The molecular formula is C15H21NO3. The van der Waals surface area contributed by atoms with Crippen LogP contribution in [0.2, 0.25) is 0 Å². The monoisotopic (exact) mass is 263 g/mol. The quantitative estimate of drug-likeness (QED) is 0.631. The summed E-state index contributed by atoms with van der Waals surface area (Å²) < 4.78 is 4.64. The van der Waals surface area contributed by atoms with Crippen molar-refractivity contribution in [3.63, 3.8) is 0 Å². The Bertz CT molecular complexity index is 437. The normalized spacial score (nSPS) is 12.3. The number of esters is 1. The van der Waals surface area contributed by atoms with E-state index in [4.69, 9.17) is 0 Å². The standard InChI is InChI=1S/C15H21NO3/c1-10(2)16-13(9-14(17)19-4)15(18)12-7-5-11(3)6-8-12/h5-8,10,13,16H,9H2,1-4H3. The highest BCUT2D eigenvalue weighted by Crippen LogP contribution is 2.09. The van der Waals surface area contributed by atoms with Gasteiger partial charge in [-0.2, -0.15) is 0 Å². The van der Waals surface area contributed by atoms with Gasteiger partial charge < -0.3 is 10.1 Å². The third kappa shape index (κ3) is 4.83. The molecule has 0 aliphatic rings. The van der Waals surface area contributed by atoms with Crippen molar-refractivity contribution in [2.75, 3.05) is 7.11 Å². The highest BCUT2D eigenvalue weighted by Gasteiger charge is 2.23. The minimum Gasteiger partial charge on any atom is -0.469 e. The Balaban J connectivity index is 2.86. The molecule has 0 aliphatic heterocycles. The number of nitrogens with one attached hydrogen (secondary N) is 1. The van der Waals surface area contributed by atoms with Gasteiger partial charge in [-0.15, -0.1) is 0 Å². The second kappa shape index (κ2) is 7.04. The van der Waals surface area contributed by atoms with Crippen molar-refractivity contribution in [2.45, 2.75) is 39.3 Å². The van der Waals surface area contributed by atoms with Crippen LogP contribution in [-0.2, 0) is 9.53 Å². The number of Topliss-reactive ketones (excluding diaryl/α,β-unsaturated/α-hetero) is 1. The molecule has 4 heteroatoms. The van der Waals surface area contributed by atoms with Gasteiger partial charge in [0.2, 0.25) is 0 Å². The molecule has 0 spiro atoms. The molecule has 1 aromatic carbocycles. The van der Waals surface area contributed by atoms with Gasteiger partial charge in [-0.25, -0.2) is 0 Å². The zero-order valence-electron chi connectivity index (χ0n) is 11.9. The lowest BCUT2D eigenvalue weighted by molar-refractivity contribution is -0.141. The molecule has 4 nitrogen and oxygen atoms in total. The van der Waals surface area contributed by atoms with Gasteiger partial charge >= 0.3 is 5.97 Å². The average molecular weight is 263 g/mol. The van der Waals surface area contributed by atoms with Crippen molar-refractivity contribution < 1.29 is 14.3 Å². The van der Waals surface area contributed by atoms with Crippen molar-refractivity contribution in [3.05, 3.63) is 35.4 Å². The maximum Gasteiger partial charge on any atom is 0.307 e. The van der Waals surface area contributed by atoms with E-state index in [-0.39, 0.29) is 18.2 Å². The fourth-order valence-electron chi connectivity index (χ4n) is 1.80. The Morgan fingerprint density at radius 2 is 1.79 bits per heavy atom. The van der Waals surface area contributed by atoms with Crippen LogP contribution in [0, 0.1) is 6.92 Å². The lowest BCUT2D eigenvalue weighted by Gasteiger charge is -2.19. The summed E-state index contributed by atoms with van der Waals surface area (Å²) in [4.78, 5) is 23.8. The summed E-state index contributed by atoms with van der Waals surface area (Å²) in [5.41, 5.74) is 1.70. The molecule has 0 radical (unpaired) electrons. The number of aryl methyl sites for hydroxylation is 1. The number of benzene rings is 1. The molecule has 0 heterocycles. The smallest absolute Gasteiger partial charge is 0.307 e. The molecule has 0 aliphatic carbocycles. The number of hydrogen-bond donors (Lipinski definition) is 1. The van der Waals surface area contributed by atoms with E-state index in [1.807, 2.05) is 32.9 Å². The number of methoxy groups -OCH3 is 1. The number of ether oxygens (including phenoxy) is 1. The van der Waals surface area contributed by atoms with E-state index in [0.29, 0.717) is 5.56 Å². The predicted molar refractivity (Wildman–Crippen MR) is 74.2 cm³/mol. The van der Waals surface area contributed by atoms with Gasteiger partial charge in [-0.05, 0) is 6.92 Å². The summed E-state index contributed by atoms with van der Waals surface area (Å²) in [5, 5.41) is 3.11. The average Bonchev–Trinajstić information content (AvgIpc) is 2.37. The fraction of sp³-hybridized carbons (Fsp3) is 0.467. The van der Waals surface area contributed by atoms with Crippen molar-refractivity contribution >= 4 is 11.8 Å². The maximum atomic E-state index is 12.4. The van der Waals surface area contributed by atoms with Gasteiger partial charge in [0.15, 0.2) is 5.78 Å². The minimum absolute atomic E-state index is 0.0430. The molecule has 1 unspecified atom stereocenters. The summed E-state index contributed by atoms with van der Waals surface area (Å²) in [6.07, 6.45) is 0.0430. The first kappa shape index (κ1) is 15.4. The third-order valence-electron chi connectivity index (χ3n) is 2.79. The predicted octanol–water partition coefficient (Wildman–Crippen LogP) is 2.11. The van der Waals surface area contributed by atoms with Gasteiger partial charge in [0.25, 0.3) is 0 Å². The largest absolute Gasteiger partial charge is 0.469 e. The first-order chi connectivity index (χ1) is 8.93. The molecule has 0 saturated carbocycles. The van der Waals surface area contributed by atoms with Crippen LogP contribution >= 0.6 is 0 Å². The molecule has 1 rings (SSSR count). The highest BCUT2D eigenvalue weighted by atomic mass is 16.5. The van der Waals surface area contributed by atoms with Crippen molar-refractivity contribution in [3.8, 4) is 0 Å². The van der Waals surface area contributed by atoms with E-state index in [1.54, 1.807) is 12.1 Å². The molecule has 0 fully saturated rings. The summed E-state index contributed by atoms with van der Waals surface area (Å²) >= 11 is 0. The summed E-state index contributed by atoms with van der Waals surface area (Å²) in [7, 11) is 1.32. The van der Waals surface area contributed by atoms with Crippen LogP contribution in [-0.4, -0.2) is 30.9 Å². The molecule has 0 bridgehead atoms. The molecule has 0 saturated heterocycles. The molecule has 19 heavy (non-hydrogen) atoms. The Morgan fingerprint density at radius 1 is 1.21 bits per heavy atom. The number of ketones is 1. The van der Waals surface area contributed by atoms with Gasteiger partial charge in [0, 0.05) is 11.6 Å². The molecule has 104 valence electrons. The Labute approximate surface area is 114 Å². The second-order valence-electron chi connectivity index (χ2n) is 4.88. The van der Waals surface area contributed by atoms with E-state index in [0.717, 1.165) is 5.56 Å². The molecule has 0 aromatic heterocycles. The summed E-state index contributed by atoms with van der Waals surface area (Å²) in [6, 6.07) is 6.91. The molecule has 1 N–H and O–H groups in total. The van der Waals surface area contributed by atoms with Crippen molar-refractivity contribution in [2.24, 2.45) is 0 Å². The van der Waals surface area contributed by atoms with E-state index in [9.17, 15) is 9.59 Å². The Morgan fingerprint density at radius 3 is 2.26 bits per heavy atom. The van der Waals surface area contributed by atoms with Crippen molar-refractivity contribution in [1.82, 2.24) is 5.32 Å². The Hall–Kier alpha value is -1.68. The van der Waals surface area contributed by atoms with E-state index in [2.05, 4.69) is 10.1 Å². The first-order valence-corrected chi connectivity index (χ1v) is 6.37. The number of rotatable bonds is 6. The van der Waals surface area contributed by atoms with Crippen LogP contribution < -0.4 is 5.32 Å². The molecular weight excluding hydrogens is 242 g/mol. The SMILES string of the molecule is COC(=O)CC(NC(C)C)C(=O)c1ccc(C)cc1. The first-order valence-electron chi connectivity index (χ1n) is 6.37. The molecule has 1 aromatic rings. The number of carbonyl (C=O) groups is 2. The van der Waals surface area contributed by atoms with Crippen LogP contribution in [0.3, 0.4) is 0 Å². The van der Waals surface area contributed by atoms with Gasteiger partial charge in [-0.1, -0.05) is 43.7 Å². The zero-order valence-corrected chi connectivity index (χ0v) is 11.9. The highest BCUT2D eigenvalue weighted by molar-refractivity contribution is 6.01.